The lowest BCUT2D eigenvalue weighted by atomic mass is 9.74. The van der Waals surface area contributed by atoms with Crippen molar-refractivity contribution in [3.63, 3.8) is 0 Å². The van der Waals surface area contributed by atoms with E-state index in [0.29, 0.717) is 18.0 Å². The summed E-state index contributed by atoms with van der Waals surface area (Å²) in [4.78, 5) is 0. The second-order valence-electron chi connectivity index (χ2n) is 5.36. The molecule has 2 nitrogen and oxygen atoms in total. The predicted octanol–water partition coefficient (Wildman–Crippen LogP) is 2.84. The van der Waals surface area contributed by atoms with Crippen LogP contribution in [0.4, 0.5) is 0 Å². The normalized spacial score (nSPS) is 24.8. The number of nitrogens with two attached hydrogens (primary N) is 1. The molecule has 94 valence electrons. The van der Waals surface area contributed by atoms with E-state index < -0.39 is 0 Å². The molecule has 0 saturated heterocycles. The van der Waals surface area contributed by atoms with Crippen molar-refractivity contribution in [1.82, 2.24) is 5.32 Å². The van der Waals surface area contributed by atoms with Gasteiger partial charge in [0, 0.05) is 12.1 Å². The Labute approximate surface area is 108 Å². The highest BCUT2D eigenvalue weighted by molar-refractivity contribution is 5.83. The van der Waals surface area contributed by atoms with Gasteiger partial charge in [0.2, 0.25) is 0 Å². The van der Waals surface area contributed by atoms with Crippen LogP contribution in [0.3, 0.4) is 0 Å². The van der Waals surface area contributed by atoms with Gasteiger partial charge in [0.1, 0.15) is 0 Å². The monoisotopic (exact) mass is 240 g/mol. The van der Waals surface area contributed by atoms with Gasteiger partial charge in [-0.25, -0.2) is 0 Å². The Bertz CT molecular complexity index is 544. The van der Waals surface area contributed by atoms with E-state index in [1.807, 2.05) is 7.05 Å². The predicted molar refractivity (Wildman–Crippen MR) is 76.4 cm³/mol. The average molecular weight is 240 g/mol. The molecule has 2 aromatic carbocycles. The molecule has 2 aromatic rings. The first-order valence-electron chi connectivity index (χ1n) is 6.69. The summed E-state index contributed by atoms with van der Waals surface area (Å²) in [5.41, 5.74) is 7.28. The number of hydrogen-bond donors (Lipinski definition) is 2. The van der Waals surface area contributed by atoms with Gasteiger partial charge in [-0.1, -0.05) is 36.4 Å². The van der Waals surface area contributed by atoms with Gasteiger partial charge in [-0.15, -0.1) is 0 Å². The molecule has 18 heavy (non-hydrogen) atoms. The van der Waals surface area contributed by atoms with Gasteiger partial charge in [0.05, 0.1) is 0 Å². The molecule has 3 N–H and O–H groups in total. The van der Waals surface area contributed by atoms with Gasteiger partial charge < -0.3 is 11.1 Å². The van der Waals surface area contributed by atoms with E-state index in [9.17, 15) is 0 Å². The zero-order valence-corrected chi connectivity index (χ0v) is 10.8. The fraction of sp³-hybridized carbons (Fsp3) is 0.375. The van der Waals surface area contributed by atoms with Crippen LogP contribution in [-0.4, -0.2) is 13.1 Å². The number of nitrogens with one attached hydrogen (secondary N) is 1. The summed E-state index contributed by atoms with van der Waals surface area (Å²) in [5, 5.41) is 6.08. The molecule has 0 spiro atoms. The third kappa shape index (κ3) is 2.02. The van der Waals surface area contributed by atoms with E-state index in [1.165, 1.54) is 16.3 Å². The molecule has 0 bridgehead atoms. The van der Waals surface area contributed by atoms with E-state index >= 15 is 0 Å². The first kappa shape index (κ1) is 11.7. The maximum Gasteiger partial charge on any atom is 0.0347 e. The summed E-state index contributed by atoms with van der Waals surface area (Å²) in [6.07, 6.45) is 2.27. The van der Waals surface area contributed by atoms with Crippen LogP contribution in [0, 0.1) is 5.92 Å². The van der Waals surface area contributed by atoms with Crippen LogP contribution in [-0.2, 0) is 0 Å². The number of hydrogen-bond acceptors (Lipinski definition) is 2. The first-order chi connectivity index (χ1) is 8.78. The Morgan fingerprint density at radius 3 is 2.50 bits per heavy atom. The number of rotatable bonds is 3. The van der Waals surface area contributed by atoms with E-state index in [1.54, 1.807) is 0 Å². The first-order valence-corrected chi connectivity index (χ1v) is 6.69. The molecule has 3 rings (SSSR count). The molecule has 0 aromatic heterocycles. The largest absolute Gasteiger partial charge is 0.328 e. The van der Waals surface area contributed by atoms with Crippen LogP contribution in [0.15, 0.2) is 42.5 Å². The Hall–Kier alpha value is -1.38. The van der Waals surface area contributed by atoms with E-state index in [4.69, 9.17) is 5.73 Å². The van der Waals surface area contributed by atoms with Gasteiger partial charge in [0.25, 0.3) is 0 Å². The molecular formula is C16H20N2. The fourth-order valence-corrected chi connectivity index (χ4v) is 3.06. The smallest absolute Gasteiger partial charge is 0.0347 e. The molecule has 0 heterocycles. The topological polar surface area (TPSA) is 38.0 Å². The minimum atomic E-state index is 0.409. The average Bonchev–Trinajstić information content (AvgIpc) is 2.37. The van der Waals surface area contributed by atoms with Gasteiger partial charge in [-0.3, -0.25) is 0 Å². The fourth-order valence-electron chi connectivity index (χ4n) is 3.06. The second-order valence-corrected chi connectivity index (χ2v) is 5.36. The third-order valence-corrected chi connectivity index (χ3v) is 4.13. The van der Waals surface area contributed by atoms with Crippen molar-refractivity contribution >= 4 is 10.8 Å². The Morgan fingerprint density at radius 2 is 1.83 bits per heavy atom. The van der Waals surface area contributed by atoms with Crippen molar-refractivity contribution in [2.45, 2.75) is 24.9 Å². The van der Waals surface area contributed by atoms with Crippen LogP contribution in [0.25, 0.3) is 10.8 Å². The maximum atomic E-state index is 5.90. The second kappa shape index (κ2) is 4.71. The van der Waals surface area contributed by atoms with Gasteiger partial charge in [-0.2, -0.15) is 0 Å². The highest BCUT2D eigenvalue weighted by atomic mass is 14.9. The highest BCUT2D eigenvalue weighted by Crippen LogP contribution is 2.37. The number of fused-ring (bicyclic) bond motifs is 1. The molecule has 0 radical (unpaired) electrons. The molecule has 1 aliphatic rings. The number of benzene rings is 2. The SMILES string of the molecule is CNC(c1ccc2ccccc2c1)C1CC(N)C1. The molecule has 1 saturated carbocycles. The summed E-state index contributed by atoms with van der Waals surface area (Å²) in [7, 11) is 2.05. The van der Waals surface area contributed by atoms with Gasteiger partial charge in [-0.05, 0) is 48.2 Å². The van der Waals surface area contributed by atoms with Crippen molar-refractivity contribution in [2.24, 2.45) is 11.7 Å². The highest BCUT2D eigenvalue weighted by Gasteiger charge is 2.32. The van der Waals surface area contributed by atoms with Crippen LogP contribution >= 0.6 is 0 Å². The van der Waals surface area contributed by atoms with Crippen LogP contribution < -0.4 is 11.1 Å². The Morgan fingerprint density at radius 1 is 1.11 bits per heavy atom. The van der Waals surface area contributed by atoms with Crippen molar-refractivity contribution in [3.05, 3.63) is 48.0 Å². The van der Waals surface area contributed by atoms with Crippen LogP contribution in [0.2, 0.25) is 0 Å². The van der Waals surface area contributed by atoms with Gasteiger partial charge >= 0.3 is 0 Å². The van der Waals surface area contributed by atoms with Crippen LogP contribution in [0.1, 0.15) is 24.4 Å². The third-order valence-electron chi connectivity index (χ3n) is 4.13. The molecule has 1 fully saturated rings. The Kier molecular flexibility index (Phi) is 3.06. The van der Waals surface area contributed by atoms with Crippen molar-refractivity contribution in [1.29, 1.82) is 0 Å². The summed E-state index contributed by atoms with van der Waals surface area (Å²) in [5.74, 6) is 0.686. The minimum Gasteiger partial charge on any atom is -0.328 e. The molecule has 0 amide bonds. The lowest BCUT2D eigenvalue weighted by Gasteiger charge is -2.38. The van der Waals surface area contributed by atoms with Crippen LogP contribution in [0.5, 0.6) is 0 Å². The minimum absolute atomic E-state index is 0.409. The molecule has 1 atom stereocenters. The standard InChI is InChI=1S/C16H20N2/c1-18-16(14-9-15(17)10-14)13-7-6-11-4-2-3-5-12(11)8-13/h2-8,14-16,18H,9-10,17H2,1H3. The van der Waals surface area contributed by atoms with Crippen molar-refractivity contribution < 1.29 is 0 Å². The van der Waals surface area contributed by atoms with Crippen molar-refractivity contribution in [3.8, 4) is 0 Å². The van der Waals surface area contributed by atoms with E-state index in [0.717, 1.165) is 12.8 Å². The lowest BCUT2D eigenvalue weighted by molar-refractivity contribution is 0.204. The molecule has 1 aliphatic carbocycles. The summed E-state index contributed by atoms with van der Waals surface area (Å²) in [6, 6.07) is 16.1. The molecule has 0 aliphatic heterocycles. The molecular weight excluding hydrogens is 220 g/mol. The quantitative estimate of drug-likeness (QED) is 0.865. The Balaban J connectivity index is 1.92. The zero-order valence-electron chi connectivity index (χ0n) is 10.8. The summed E-state index contributed by atoms with van der Waals surface area (Å²) < 4.78 is 0. The molecule has 1 unspecified atom stereocenters. The van der Waals surface area contributed by atoms with Gasteiger partial charge in [0.15, 0.2) is 0 Å². The summed E-state index contributed by atoms with van der Waals surface area (Å²) in [6.45, 7) is 0. The van der Waals surface area contributed by atoms with E-state index in [2.05, 4.69) is 47.8 Å². The van der Waals surface area contributed by atoms with E-state index in [-0.39, 0.29) is 0 Å². The molecule has 2 heteroatoms. The summed E-state index contributed by atoms with van der Waals surface area (Å²) >= 11 is 0. The maximum absolute atomic E-state index is 5.90. The lowest BCUT2D eigenvalue weighted by Crippen LogP contribution is -2.42. The van der Waals surface area contributed by atoms with Crippen molar-refractivity contribution in [2.75, 3.05) is 7.05 Å². The zero-order chi connectivity index (χ0) is 12.5.